The molecule has 0 aromatic rings. The molecule has 61 heavy (non-hydrogen) atoms. The highest BCUT2D eigenvalue weighted by Gasteiger charge is 2.38. The van der Waals surface area contributed by atoms with E-state index in [1.165, 1.54) is 0 Å². The van der Waals surface area contributed by atoms with E-state index in [2.05, 4.69) is 32.3 Å². The molecule has 12 N–H and O–H groups in total. The van der Waals surface area contributed by atoms with Crippen molar-refractivity contribution in [2.24, 2.45) is 29.6 Å². The van der Waals surface area contributed by atoms with Crippen LogP contribution in [0.1, 0.15) is 134 Å². The van der Waals surface area contributed by atoms with Crippen LogP contribution in [0, 0.1) is 29.6 Å². The van der Waals surface area contributed by atoms with Gasteiger partial charge in [-0.25, -0.2) is 4.79 Å². The first kappa shape index (κ1) is 61.3. The molecule has 358 valence electrons. The number of alkyl halides is 3. The van der Waals surface area contributed by atoms with Crippen LogP contribution in [0.3, 0.4) is 0 Å². The van der Waals surface area contributed by atoms with Gasteiger partial charge < -0.3 is 52.7 Å². The number of aliphatic hydroxyl groups is 2. The Morgan fingerprint density at radius 2 is 1.03 bits per heavy atom. The fourth-order valence-corrected chi connectivity index (χ4v) is 5.59. The lowest BCUT2D eigenvalue weighted by Crippen LogP contribution is -2.58. The van der Waals surface area contributed by atoms with Crippen molar-refractivity contribution in [2.75, 3.05) is 6.54 Å². The molecule has 0 unspecified atom stereocenters. The Labute approximate surface area is 359 Å². The number of carbonyl (C=O) groups is 7. The Bertz CT molecular complexity index is 1330. The van der Waals surface area contributed by atoms with Gasteiger partial charge in [0.05, 0.1) is 37.3 Å². The van der Waals surface area contributed by atoms with Crippen molar-refractivity contribution in [1.29, 1.82) is 0 Å². The first-order valence-electron chi connectivity index (χ1n) is 21.1. The number of halogens is 3. The molecular weight excluding hydrogens is 809 g/mol. The largest absolute Gasteiger partial charge is 0.490 e. The van der Waals surface area contributed by atoms with E-state index >= 15 is 0 Å². The van der Waals surface area contributed by atoms with E-state index in [9.17, 15) is 52.2 Å². The van der Waals surface area contributed by atoms with Crippen LogP contribution in [0.2, 0.25) is 0 Å². The van der Waals surface area contributed by atoms with Gasteiger partial charge in [-0.3, -0.25) is 28.8 Å². The number of amides is 5. The molecular formula is C41H78F3N6O11+. The van der Waals surface area contributed by atoms with Gasteiger partial charge in [0.15, 0.2) is 0 Å². The lowest BCUT2D eigenvalue weighted by atomic mass is 9.96. The normalized spacial score (nSPS) is 14.9. The average Bonchev–Trinajstić information content (AvgIpc) is 3.10. The summed E-state index contributed by atoms with van der Waals surface area (Å²) in [6.45, 7) is 23.3. The molecule has 0 aliphatic heterocycles. The van der Waals surface area contributed by atoms with Crippen LogP contribution in [-0.2, 0) is 33.6 Å². The monoisotopic (exact) mass is 888 g/mol. The van der Waals surface area contributed by atoms with E-state index in [4.69, 9.17) is 15.0 Å². The fourth-order valence-electron chi connectivity index (χ4n) is 5.59. The number of carboxylic acids is 2. The molecule has 0 heterocycles. The van der Waals surface area contributed by atoms with Crippen LogP contribution in [0.5, 0.6) is 0 Å². The van der Waals surface area contributed by atoms with Crippen molar-refractivity contribution in [1.82, 2.24) is 26.6 Å². The summed E-state index contributed by atoms with van der Waals surface area (Å²) >= 11 is 0. The summed E-state index contributed by atoms with van der Waals surface area (Å²) in [5.41, 5.74) is 3.76. The predicted molar refractivity (Wildman–Crippen MR) is 223 cm³/mol. The minimum Gasteiger partial charge on any atom is -0.481 e. The first-order chi connectivity index (χ1) is 27.9. The molecule has 0 aromatic heterocycles. The van der Waals surface area contributed by atoms with Gasteiger partial charge in [0.25, 0.3) is 0 Å². The van der Waals surface area contributed by atoms with Gasteiger partial charge in [-0.15, -0.1) is 0 Å². The Morgan fingerprint density at radius 1 is 0.590 bits per heavy atom. The van der Waals surface area contributed by atoms with Gasteiger partial charge >= 0.3 is 18.1 Å². The van der Waals surface area contributed by atoms with Crippen molar-refractivity contribution in [3.05, 3.63) is 0 Å². The molecule has 0 saturated heterocycles. The SMILES string of the molecule is CC(C)CC(=O)N[C@H](C(=O)N[C@H](C(=O)N[C@@H](CC(C)C)[C@H](C)O)C(C)C)C(C)C.CCC(=O)N[C@@H](CCCC[NH3+])C(=O)N[C@@H](CC(C)C)[C@@H](O)CC(=O)O.O=C(O)C(F)(F)F. The van der Waals surface area contributed by atoms with Crippen molar-refractivity contribution in [3.63, 3.8) is 0 Å². The summed E-state index contributed by atoms with van der Waals surface area (Å²) in [5, 5.41) is 50.0. The zero-order valence-electron chi connectivity index (χ0n) is 38.3. The quantitative estimate of drug-likeness (QED) is 0.0595. The highest BCUT2D eigenvalue weighted by Crippen LogP contribution is 2.15. The molecule has 0 bridgehead atoms. The van der Waals surface area contributed by atoms with Crippen LogP contribution in [0.4, 0.5) is 13.2 Å². The summed E-state index contributed by atoms with van der Waals surface area (Å²) in [5.74, 6) is -4.95. The Kier molecular flexibility index (Phi) is 31.9. The maximum Gasteiger partial charge on any atom is 0.490 e. The summed E-state index contributed by atoms with van der Waals surface area (Å²) in [4.78, 5) is 81.9. The van der Waals surface area contributed by atoms with Crippen LogP contribution in [0.25, 0.3) is 0 Å². The number of quaternary nitrogens is 1. The van der Waals surface area contributed by atoms with E-state index in [0.717, 1.165) is 19.4 Å². The second kappa shape index (κ2) is 31.8. The van der Waals surface area contributed by atoms with Crippen molar-refractivity contribution < 1.29 is 72.9 Å². The molecule has 0 fully saturated rings. The van der Waals surface area contributed by atoms with Gasteiger partial charge in [0.2, 0.25) is 29.5 Å². The number of rotatable bonds is 25. The minimum atomic E-state index is -5.08. The maximum atomic E-state index is 12.9. The summed E-state index contributed by atoms with van der Waals surface area (Å²) in [7, 11) is 0. The van der Waals surface area contributed by atoms with Crippen LogP contribution in [0.15, 0.2) is 0 Å². The summed E-state index contributed by atoms with van der Waals surface area (Å²) in [6, 6.07) is -3.20. The highest BCUT2D eigenvalue weighted by atomic mass is 19.4. The zero-order valence-corrected chi connectivity index (χ0v) is 38.3. The minimum absolute atomic E-state index is 0.117. The number of hydrogen-bond donors (Lipinski definition) is 10. The predicted octanol–water partition coefficient (Wildman–Crippen LogP) is 2.52. The summed E-state index contributed by atoms with van der Waals surface area (Å²) < 4.78 is 31.7. The molecule has 0 aromatic carbocycles. The van der Waals surface area contributed by atoms with Crippen molar-refractivity contribution >= 4 is 41.5 Å². The van der Waals surface area contributed by atoms with E-state index < -0.39 is 60.9 Å². The number of hydrogen-bond acceptors (Lipinski definition) is 9. The molecule has 0 spiro atoms. The van der Waals surface area contributed by atoms with Gasteiger partial charge in [-0.1, -0.05) is 76.2 Å². The molecule has 0 radical (unpaired) electrons. The smallest absolute Gasteiger partial charge is 0.481 e. The molecule has 7 atom stereocenters. The molecule has 0 rings (SSSR count). The third-order valence-electron chi connectivity index (χ3n) is 8.85. The van der Waals surface area contributed by atoms with Crippen LogP contribution >= 0.6 is 0 Å². The molecule has 0 aliphatic carbocycles. The fraction of sp³-hybridized carbons (Fsp3) is 0.829. The second-order valence-electron chi connectivity index (χ2n) is 17.1. The molecule has 20 heteroatoms. The Balaban J connectivity index is -0.000000959. The lowest BCUT2D eigenvalue weighted by Gasteiger charge is -2.30. The number of carboxylic acid groups (broad SMARTS) is 2. The van der Waals surface area contributed by atoms with Gasteiger partial charge in [-0.2, -0.15) is 13.2 Å². The number of carbonyl (C=O) groups excluding carboxylic acids is 5. The van der Waals surface area contributed by atoms with E-state index in [1.54, 1.807) is 13.8 Å². The second-order valence-corrected chi connectivity index (χ2v) is 17.1. The van der Waals surface area contributed by atoms with Crippen molar-refractivity contribution in [2.45, 2.75) is 183 Å². The maximum absolute atomic E-state index is 12.9. The first-order valence-corrected chi connectivity index (χ1v) is 21.1. The standard InChI is InChI=1S/C22H43N3O4.C17H33N3O5.C2HF3O2/c1-12(2)10-17(16(9)26)23-21(28)20(15(7)8)25-22(29)19(14(5)6)24-18(27)11-13(3)4;1-4-15(22)19-12(7-5-6-8-18)17(25)20-13(9-11(2)3)14(21)10-16(23)24;3-2(4,5)1(6)7/h12-17,19-20,26H,10-11H2,1-9H3,(H,23,28)(H,24,27)(H,25,29);11-14,21H,4-10,18H2,1-3H3,(H,19,22)(H,20,25)(H,23,24);(H,6,7)/p+1/t16-,17-,19-,20-;12-,13-,14-;/m00./s1. The molecule has 5 amide bonds. The highest BCUT2D eigenvalue weighted by molar-refractivity contribution is 5.92. The average molecular weight is 888 g/mol. The van der Waals surface area contributed by atoms with Gasteiger partial charge in [0.1, 0.15) is 18.1 Å². The van der Waals surface area contributed by atoms with Crippen LogP contribution in [-0.4, -0.2) is 117 Å². The number of nitrogens with one attached hydrogen (secondary N) is 5. The third kappa shape index (κ3) is 30.6. The van der Waals surface area contributed by atoms with Gasteiger partial charge in [0, 0.05) is 12.8 Å². The Hall–Kier alpha value is -4.04. The summed E-state index contributed by atoms with van der Waals surface area (Å²) in [6.07, 6.45) is -3.60. The van der Waals surface area contributed by atoms with E-state index in [1.807, 2.05) is 69.2 Å². The topological polar surface area (TPSA) is 288 Å². The third-order valence-corrected chi connectivity index (χ3v) is 8.85. The van der Waals surface area contributed by atoms with Crippen LogP contribution < -0.4 is 32.3 Å². The number of unbranched alkanes of at least 4 members (excludes halogenated alkanes) is 1. The molecule has 0 saturated carbocycles. The molecule has 0 aliphatic rings. The number of aliphatic hydroxyl groups excluding tert-OH is 2. The van der Waals surface area contributed by atoms with E-state index in [-0.39, 0.29) is 65.7 Å². The lowest BCUT2D eigenvalue weighted by molar-refractivity contribution is -0.368. The number of aliphatic carboxylic acids is 2. The van der Waals surface area contributed by atoms with Crippen molar-refractivity contribution in [3.8, 4) is 0 Å². The molecule has 17 nitrogen and oxygen atoms in total. The zero-order chi connectivity index (χ0) is 48.4. The Morgan fingerprint density at radius 3 is 1.41 bits per heavy atom. The van der Waals surface area contributed by atoms with E-state index in [0.29, 0.717) is 31.6 Å². The van der Waals surface area contributed by atoms with Gasteiger partial charge in [-0.05, 0) is 68.6 Å².